The normalized spacial score (nSPS) is 14.2. The molecule has 0 unspecified atom stereocenters. The number of hydrogen-bond acceptors (Lipinski definition) is 2. The molecule has 0 saturated carbocycles. The van der Waals surface area contributed by atoms with E-state index in [9.17, 15) is 4.79 Å². The van der Waals surface area contributed by atoms with E-state index >= 15 is 0 Å². The topological polar surface area (TPSA) is 46.4 Å². The van der Waals surface area contributed by atoms with Gasteiger partial charge in [-0.05, 0) is 49.8 Å². The number of fused-ring (bicyclic) bond motifs is 3. The molecule has 3 aromatic rings. The van der Waals surface area contributed by atoms with Crippen molar-refractivity contribution in [1.29, 1.82) is 0 Å². The van der Waals surface area contributed by atoms with Crippen LogP contribution in [0.15, 0.2) is 59.7 Å². The van der Waals surface area contributed by atoms with Gasteiger partial charge in [0.1, 0.15) is 0 Å². The summed E-state index contributed by atoms with van der Waals surface area (Å²) in [5.74, 6) is -0.0485. The highest BCUT2D eigenvalue weighted by Gasteiger charge is 2.19. The quantitative estimate of drug-likeness (QED) is 0.531. The summed E-state index contributed by atoms with van der Waals surface area (Å²) in [6.45, 7) is 2.60. The van der Waals surface area contributed by atoms with E-state index in [-0.39, 0.29) is 5.91 Å². The van der Waals surface area contributed by atoms with Gasteiger partial charge in [-0.1, -0.05) is 48.5 Å². The highest BCUT2D eigenvalue weighted by molar-refractivity contribution is 5.99. The summed E-state index contributed by atoms with van der Waals surface area (Å²) in [5.41, 5.74) is 8.69. The van der Waals surface area contributed by atoms with Gasteiger partial charge in [0, 0.05) is 29.6 Å². The zero-order chi connectivity index (χ0) is 18.6. The number of rotatable bonds is 5. The second kappa shape index (κ2) is 7.78. The molecule has 1 aromatic heterocycles. The van der Waals surface area contributed by atoms with Gasteiger partial charge in [-0.3, -0.25) is 4.79 Å². The fourth-order valence-electron chi connectivity index (χ4n) is 4.00. The maximum absolute atomic E-state index is 12.3. The molecule has 1 N–H and O–H groups in total. The SMILES string of the molecule is CC(=NNC(=O)CCn1c2c(c3ccccc31)CCCC2)c1ccccc1. The van der Waals surface area contributed by atoms with E-state index in [0.29, 0.717) is 13.0 Å². The number of nitrogens with zero attached hydrogens (tertiary/aromatic N) is 2. The zero-order valence-corrected chi connectivity index (χ0v) is 15.7. The lowest BCUT2D eigenvalue weighted by atomic mass is 9.95. The number of carbonyl (C=O) groups is 1. The Bertz CT molecular complexity index is 986. The molecule has 4 nitrogen and oxygen atoms in total. The molecule has 1 heterocycles. The minimum absolute atomic E-state index is 0.0485. The van der Waals surface area contributed by atoms with Crippen molar-refractivity contribution in [2.24, 2.45) is 5.10 Å². The van der Waals surface area contributed by atoms with Crippen molar-refractivity contribution in [2.75, 3.05) is 0 Å². The van der Waals surface area contributed by atoms with Gasteiger partial charge in [-0.15, -0.1) is 0 Å². The van der Waals surface area contributed by atoms with Crippen molar-refractivity contribution in [3.8, 4) is 0 Å². The number of aromatic nitrogens is 1. The van der Waals surface area contributed by atoms with E-state index in [2.05, 4.69) is 39.4 Å². The van der Waals surface area contributed by atoms with Crippen molar-refractivity contribution in [2.45, 2.75) is 45.6 Å². The Morgan fingerprint density at radius 2 is 1.78 bits per heavy atom. The van der Waals surface area contributed by atoms with Gasteiger partial charge < -0.3 is 4.57 Å². The largest absolute Gasteiger partial charge is 0.344 e. The van der Waals surface area contributed by atoms with Crippen molar-refractivity contribution in [1.82, 2.24) is 9.99 Å². The number of aryl methyl sites for hydroxylation is 2. The number of benzene rings is 2. The van der Waals surface area contributed by atoms with Crippen LogP contribution in [0.5, 0.6) is 0 Å². The molecule has 4 heteroatoms. The molecule has 4 rings (SSSR count). The first-order chi connectivity index (χ1) is 13.2. The van der Waals surface area contributed by atoms with Gasteiger partial charge >= 0.3 is 0 Å². The lowest BCUT2D eigenvalue weighted by molar-refractivity contribution is -0.121. The number of nitrogens with one attached hydrogen (secondary N) is 1. The van der Waals surface area contributed by atoms with Gasteiger partial charge in [-0.25, -0.2) is 5.43 Å². The Labute approximate surface area is 159 Å². The van der Waals surface area contributed by atoms with E-state index in [1.807, 2.05) is 37.3 Å². The highest BCUT2D eigenvalue weighted by Crippen LogP contribution is 2.32. The summed E-state index contributed by atoms with van der Waals surface area (Å²) in [6.07, 6.45) is 5.17. The second-order valence-electron chi connectivity index (χ2n) is 7.15. The summed E-state index contributed by atoms with van der Waals surface area (Å²) in [5, 5.41) is 5.60. The third-order valence-corrected chi connectivity index (χ3v) is 5.39. The molecule has 0 fully saturated rings. The van der Waals surface area contributed by atoms with Crippen LogP contribution in [0.3, 0.4) is 0 Å². The van der Waals surface area contributed by atoms with E-state index in [1.165, 1.54) is 35.0 Å². The van der Waals surface area contributed by atoms with E-state index in [4.69, 9.17) is 0 Å². The highest BCUT2D eigenvalue weighted by atomic mass is 16.2. The molecular formula is C23H25N3O. The fraction of sp³-hybridized carbons (Fsp3) is 0.304. The molecule has 0 bridgehead atoms. The van der Waals surface area contributed by atoms with Crippen molar-refractivity contribution in [3.05, 3.63) is 71.4 Å². The molecule has 0 atom stereocenters. The monoisotopic (exact) mass is 359 g/mol. The Hall–Kier alpha value is -2.88. The Balaban J connectivity index is 1.47. The van der Waals surface area contributed by atoms with Gasteiger partial charge in [0.25, 0.3) is 0 Å². The third kappa shape index (κ3) is 3.65. The molecule has 27 heavy (non-hydrogen) atoms. The molecule has 0 radical (unpaired) electrons. The molecule has 0 saturated heterocycles. The van der Waals surface area contributed by atoms with Crippen LogP contribution in [0.1, 0.15) is 43.0 Å². The van der Waals surface area contributed by atoms with Crippen molar-refractivity contribution in [3.63, 3.8) is 0 Å². The van der Waals surface area contributed by atoms with Crippen LogP contribution in [0.2, 0.25) is 0 Å². The predicted octanol–water partition coefficient (Wildman–Crippen LogP) is 4.45. The number of hydrazone groups is 1. The summed E-state index contributed by atoms with van der Waals surface area (Å²) in [4.78, 5) is 12.3. The summed E-state index contributed by atoms with van der Waals surface area (Å²) < 4.78 is 2.34. The predicted molar refractivity (Wildman–Crippen MR) is 110 cm³/mol. The average Bonchev–Trinajstić information content (AvgIpc) is 3.05. The minimum Gasteiger partial charge on any atom is -0.344 e. The van der Waals surface area contributed by atoms with Crippen LogP contribution < -0.4 is 5.43 Å². The third-order valence-electron chi connectivity index (χ3n) is 5.39. The van der Waals surface area contributed by atoms with E-state index in [1.54, 1.807) is 0 Å². The molecular weight excluding hydrogens is 334 g/mol. The zero-order valence-electron chi connectivity index (χ0n) is 15.7. The van der Waals surface area contributed by atoms with Crippen molar-refractivity contribution >= 4 is 22.5 Å². The van der Waals surface area contributed by atoms with Gasteiger partial charge in [-0.2, -0.15) is 5.10 Å². The average molecular weight is 359 g/mol. The number of amides is 1. The van der Waals surface area contributed by atoms with Crippen LogP contribution in [0, 0.1) is 0 Å². The van der Waals surface area contributed by atoms with E-state index in [0.717, 1.165) is 24.1 Å². The van der Waals surface area contributed by atoms with Crippen LogP contribution in [-0.2, 0) is 24.2 Å². The molecule has 0 aliphatic heterocycles. The second-order valence-corrected chi connectivity index (χ2v) is 7.15. The maximum Gasteiger partial charge on any atom is 0.241 e. The van der Waals surface area contributed by atoms with Crippen molar-refractivity contribution < 1.29 is 4.79 Å². The smallest absolute Gasteiger partial charge is 0.241 e. The summed E-state index contributed by atoms with van der Waals surface area (Å²) >= 11 is 0. The van der Waals surface area contributed by atoms with Gasteiger partial charge in [0.2, 0.25) is 5.91 Å². The molecule has 2 aromatic carbocycles. The standard InChI is InChI=1S/C23H25N3O/c1-17(18-9-3-2-4-10-18)24-25-23(27)15-16-26-21-13-7-5-11-19(21)20-12-6-8-14-22(20)26/h2-5,7,9-11,13H,6,8,12,14-16H2,1H3,(H,25,27). The first-order valence-corrected chi connectivity index (χ1v) is 9.71. The van der Waals surface area contributed by atoms with E-state index < -0.39 is 0 Å². The van der Waals surface area contributed by atoms with Crippen LogP contribution in [0.4, 0.5) is 0 Å². The van der Waals surface area contributed by atoms with Crippen LogP contribution >= 0.6 is 0 Å². The first kappa shape index (κ1) is 17.5. The Morgan fingerprint density at radius 3 is 2.63 bits per heavy atom. The minimum atomic E-state index is -0.0485. The number of hydrogen-bond donors (Lipinski definition) is 1. The van der Waals surface area contributed by atoms with Gasteiger partial charge in [0.05, 0.1) is 5.71 Å². The number of carbonyl (C=O) groups excluding carboxylic acids is 1. The fourth-order valence-corrected chi connectivity index (χ4v) is 4.00. The van der Waals surface area contributed by atoms with Crippen LogP contribution in [-0.4, -0.2) is 16.2 Å². The lowest BCUT2D eigenvalue weighted by Crippen LogP contribution is -2.21. The number of para-hydroxylation sites is 1. The lowest BCUT2D eigenvalue weighted by Gasteiger charge is -2.15. The molecule has 1 aliphatic carbocycles. The summed E-state index contributed by atoms with van der Waals surface area (Å²) in [7, 11) is 0. The first-order valence-electron chi connectivity index (χ1n) is 9.71. The molecule has 1 aliphatic rings. The Kier molecular flexibility index (Phi) is 5.05. The molecule has 0 spiro atoms. The Morgan fingerprint density at radius 1 is 1.04 bits per heavy atom. The summed E-state index contributed by atoms with van der Waals surface area (Å²) in [6, 6.07) is 18.5. The van der Waals surface area contributed by atoms with Gasteiger partial charge in [0.15, 0.2) is 0 Å². The maximum atomic E-state index is 12.3. The molecule has 1 amide bonds. The molecule has 138 valence electrons. The van der Waals surface area contributed by atoms with Crippen LogP contribution in [0.25, 0.3) is 10.9 Å².